The molecule has 0 radical (unpaired) electrons. The second-order valence-electron chi connectivity index (χ2n) is 5.19. The van der Waals surface area contributed by atoms with E-state index >= 15 is 0 Å². The van der Waals surface area contributed by atoms with Crippen LogP contribution in [0.3, 0.4) is 0 Å². The van der Waals surface area contributed by atoms with Gasteiger partial charge < -0.3 is 10.4 Å². The van der Waals surface area contributed by atoms with E-state index in [4.69, 9.17) is 5.11 Å². The lowest BCUT2D eigenvalue weighted by Crippen LogP contribution is -2.28. The third-order valence-electron chi connectivity index (χ3n) is 3.41. The third-order valence-corrected chi connectivity index (χ3v) is 3.41. The SMILES string of the molecule is C[C@@H]1CCC[C@@H](CC(=O)NCCCC(=O)O)C1. The van der Waals surface area contributed by atoms with Crippen molar-refractivity contribution < 1.29 is 14.7 Å². The lowest BCUT2D eigenvalue weighted by molar-refractivity contribution is -0.137. The summed E-state index contributed by atoms with van der Waals surface area (Å²) in [5, 5.41) is 11.3. The zero-order chi connectivity index (χ0) is 12.7. The van der Waals surface area contributed by atoms with Crippen LogP contribution in [-0.2, 0) is 9.59 Å². The first-order valence-corrected chi connectivity index (χ1v) is 6.56. The largest absolute Gasteiger partial charge is 0.481 e. The van der Waals surface area contributed by atoms with Crippen molar-refractivity contribution >= 4 is 11.9 Å². The number of aliphatic carboxylic acids is 1. The second-order valence-corrected chi connectivity index (χ2v) is 5.19. The topological polar surface area (TPSA) is 66.4 Å². The van der Waals surface area contributed by atoms with E-state index in [0.717, 1.165) is 18.8 Å². The number of hydrogen-bond acceptors (Lipinski definition) is 2. The van der Waals surface area contributed by atoms with Crippen LogP contribution in [0.2, 0.25) is 0 Å². The summed E-state index contributed by atoms with van der Waals surface area (Å²) in [5.74, 6) is 0.543. The second kappa shape index (κ2) is 7.30. The summed E-state index contributed by atoms with van der Waals surface area (Å²) in [5.41, 5.74) is 0. The highest BCUT2D eigenvalue weighted by atomic mass is 16.4. The zero-order valence-corrected chi connectivity index (χ0v) is 10.6. The maximum atomic E-state index is 11.6. The molecule has 0 bridgehead atoms. The summed E-state index contributed by atoms with van der Waals surface area (Å²) in [7, 11) is 0. The highest BCUT2D eigenvalue weighted by molar-refractivity contribution is 5.76. The number of amides is 1. The molecule has 4 nitrogen and oxygen atoms in total. The van der Waals surface area contributed by atoms with E-state index in [0.29, 0.717) is 25.3 Å². The lowest BCUT2D eigenvalue weighted by atomic mass is 9.81. The van der Waals surface area contributed by atoms with Crippen LogP contribution in [-0.4, -0.2) is 23.5 Å². The average molecular weight is 241 g/mol. The number of rotatable bonds is 6. The van der Waals surface area contributed by atoms with Crippen molar-refractivity contribution in [2.24, 2.45) is 11.8 Å². The normalized spacial score (nSPS) is 24.3. The van der Waals surface area contributed by atoms with Gasteiger partial charge in [-0.05, 0) is 31.1 Å². The van der Waals surface area contributed by atoms with Gasteiger partial charge in [0.05, 0.1) is 0 Å². The van der Waals surface area contributed by atoms with Crippen molar-refractivity contribution in [1.82, 2.24) is 5.32 Å². The van der Waals surface area contributed by atoms with Gasteiger partial charge in [-0.15, -0.1) is 0 Å². The minimum atomic E-state index is -0.805. The molecule has 0 saturated heterocycles. The smallest absolute Gasteiger partial charge is 0.303 e. The fourth-order valence-electron chi connectivity index (χ4n) is 2.55. The molecule has 4 heteroatoms. The van der Waals surface area contributed by atoms with Crippen LogP contribution in [0.1, 0.15) is 51.9 Å². The van der Waals surface area contributed by atoms with Gasteiger partial charge in [0, 0.05) is 19.4 Å². The molecule has 2 atom stereocenters. The molecule has 0 aromatic heterocycles. The molecule has 1 saturated carbocycles. The van der Waals surface area contributed by atoms with E-state index in [2.05, 4.69) is 12.2 Å². The van der Waals surface area contributed by atoms with E-state index in [1.165, 1.54) is 12.8 Å². The van der Waals surface area contributed by atoms with E-state index < -0.39 is 5.97 Å². The summed E-state index contributed by atoms with van der Waals surface area (Å²) in [6.45, 7) is 2.73. The van der Waals surface area contributed by atoms with E-state index in [1.807, 2.05) is 0 Å². The molecule has 0 unspecified atom stereocenters. The van der Waals surface area contributed by atoms with Crippen LogP contribution in [0.5, 0.6) is 0 Å². The molecule has 1 aliphatic rings. The van der Waals surface area contributed by atoms with Gasteiger partial charge in [-0.2, -0.15) is 0 Å². The fraction of sp³-hybridized carbons (Fsp3) is 0.846. The number of carbonyl (C=O) groups is 2. The molecule has 0 heterocycles. The van der Waals surface area contributed by atoms with E-state index in [1.54, 1.807) is 0 Å². The van der Waals surface area contributed by atoms with Gasteiger partial charge in [0.1, 0.15) is 0 Å². The molecule has 1 rings (SSSR count). The maximum Gasteiger partial charge on any atom is 0.303 e. The number of carbonyl (C=O) groups excluding carboxylic acids is 1. The summed E-state index contributed by atoms with van der Waals surface area (Å²) in [4.78, 5) is 21.9. The monoisotopic (exact) mass is 241 g/mol. The molecular weight excluding hydrogens is 218 g/mol. The summed E-state index contributed by atoms with van der Waals surface area (Å²) >= 11 is 0. The van der Waals surface area contributed by atoms with Crippen LogP contribution in [0.25, 0.3) is 0 Å². The van der Waals surface area contributed by atoms with Crippen molar-refractivity contribution in [3.05, 3.63) is 0 Å². The van der Waals surface area contributed by atoms with Crippen LogP contribution in [0.15, 0.2) is 0 Å². The highest BCUT2D eigenvalue weighted by Crippen LogP contribution is 2.30. The predicted octanol–water partition coefficient (Wildman–Crippen LogP) is 2.18. The van der Waals surface area contributed by atoms with E-state index in [9.17, 15) is 9.59 Å². The van der Waals surface area contributed by atoms with Gasteiger partial charge in [0.25, 0.3) is 0 Å². The van der Waals surface area contributed by atoms with Gasteiger partial charge >= 0.3 is 5.97 Å². The first-order chi connectivity index (χ1) is 8.08. The molecule has 0 aromatic carbocycles. The van der Waals surface area contributed by atoms with Crippen LogP contribution < -0.4 is 5.32 Å². The number of nitrogens with one attached hydrogen (secondary N) is 1. The van der Waals surface area contributed by atoms with Gasteiger partial charge in [-0.25, -0.2) is 0 Å². The Morgan fingerprint density at radius 3 is 2.76 bits per heavy atom. The Labute approximate surface area is 103 Å². The van der Waals surface area contributed by atoms with Gasteiger partial charge in [-0.3, -0.25) is 9.59 Å². The Morgan fingerprint density at radius 2 is 2.12 bits per heavy atom. The van der Waals surface area contributed by atoms with E-state index in [-0.39, 0.29) is 12.3 Å². The Kier molecular flexibility index (Phi) is 6.01. The van der Waals surface area contributed by atoms with Crippen molar-refractivity contribution in [1.29, 1.82) is 0 Å². The van der Waals surface area contributed by atoms with Crippen molar-refractivity contribution in [3.63, 3.8) is 0 Å². The number of carboxylic acid groups (broad SMARTS) is 1. The average Bonchev–Trinajstić information content (AvgIpc) is 2.24. The first-order valence-electron chi connectivity index (χ1n) is 6.56. The minimum Gasteiger partial charge on any atom is -0.481 e. The van der Waals surface area contributed by atoms with Gasteiger partial charge in [0.15, 0.2) is 0 Å². The van der Waals surface area contributed by atoms with Crippen molar-refractivity contribution in [3.8, 4) is 0 Å². The number of hydrogen-bond donors (Lipinski definition) is 2. The first kappa shape index (κ1) is 14.0. The molecule has 1 fully saturated rings. The van der Waals surface area contributed by atoms with Gasteiger partial charge in [-0.1, -0.05) is 19.8 Å². The van der Waals surface area contributed by atoms with Crippen LogP contribution in [0, 0.1) is 11.8 Å². The Hall–Kier alpha value is -1.06. The zero-order valence-electron chi connectivity index (χ0n) is 10.6. The summed E-state index contributed by atoms with van der Waals surface area (Å²) in [6.07, 6.45) is 6.09. The fourth-order valence-corrected chi connectivity index (χ4v) is 2.55. The summed E-state index contributed by atoms with van der Waals surface area (Å²) < 4.78 is 0. The molecule has 2 N–H and O–H groups in total. The molecule has 1 aliphatic carbocycles. The lowest BCUT2D eigenvalue weighted by Gasteiger charge is -2.26. The Balaban J connectivity index is 2.09. The highest BCUT2D eigenvalue weighted by Gasteiger charge is 2.20. The number of carboxylic acids is 1. The Bertz CT molecular complexity index is 265. The third kappa shape index (κ3) is 6.29. The molecule has 0 aliphatic heterocycles. The standard InChI is InChI=1S/C13H23NO3/c1-10-4-2-5-11(8-10)9-12(15)14-7-3-6-13(16)17/h10-11H,2-9H2,1H3,(H,14,15)(H,16,17)/t10-,11-/m1/s1. The van der Waals surface area contributed by atoms with Crippen LogP contribution >= 0.6 is 0 Å². The molecular formula is C13H23NO3. The molecule has 0 spiro atoms. The van der Waals surface area contributed by atoms with Crippen molar-refractivity contribution in [2.45, 2.75) is 51.9 Å². The minimum absolute atomic E-state index is 0.0782. The molecule has 0 aromatic rings. The predicted molar refractivity (Wildman–Crippen MR) is 65.6 cm³/mol. The Morgan fingerprint density at radius 1 is 1.35 bits per heavy atom. The molecule has 1 amide bonds. The molecule has 17 heavy (non-hydrogen) atoms. The summed E-state index contributed by atoms with van der Waals surface area (Å²) in [6, 6.07) is 0. The van der Waals surface area contributed by atoms with Crippen LogP contribution in [0.4, 0.5) is 0 Å². The quantitative estimate of drug-likeness (QED) is 0.700. The molecule has 98 valence electrons. The van der Waals surface area contributed by atoms with Crippen molar-refractivity contribution in [2.75, 3.05) is 6.54 Å². The van der Waals surface area contributed by atoms with Gasteiger partial charge in [0.2, 0.25) is 5.91 Å². The maximum absolute atomic E-state index is 11.6.